The summed E-state index contributed by atoms with van der Waals surface area (Å²) >= 11 is 0. The maximum absolute atomic E-state index is 5.63. The third-order valence-electron chi connectivity index (χ3n) is 2.66. The van der Waals surface area contributed by atoms with Gasteiger partial charge in [-0.2, -0.15) is 0 Å². The summed E-state index contributed by atoms with van der Waals surface area (Å²) in [5, 5.41) is 0. The van der Waals surface area contributed by atoms with Gasteiger partial charge in [-0.25, -0.2) is 0 Å². The predicted molar refractivity (Wildman–Crippen MR) is 61.7 cm³/mol. The lowest BCUT2D eigenvalue weighted by molar-refractivity contribution is -0.0404. The van der Waals surface area contributed by atoms with Gasteiger partial charge in [-0.3, -0.25) is 4.98 Å². The van der Waals surface area contributed by atoms with Gasteiger partial charge < -0.3 is 14.4 Å². The molecular weight excluding hydrogens is 204 g/mol. The van der Waals surface area contributed by atoms with E-state index < -0.39 is 0 Å². The molecule has 4 nitrogen and oxygen atoms in total. The van der Waals surface area contributed by atoms with Crippen molar-refractivity contribution < 1.29 is 9.47 Å². The van der Waals surface area contributed by atoms with E-state index >= 15 is 0 Å². The van der Waals surface area contributed by atoms with Gasteiger partial charge in [0, 0.05) is 18.8 Å². The van der Waals surface area contributed by atoms with E-state index in [1.807, 2.05) is 19.1 Å². The monoisotopic (exact) mass is 222 g/mol. The highest BCUT2D eigenvalue weighted by molar-refractivity contribution is 5.19. The molecule has 4 heteroatoms. The SMILES string of the molecule is Cc1ccc(OCC2CN(C)CCO2)cn1. The normalized spacial score (nSPS) is 22.0. The molecule has 0 aliphatic carbocycles. The Labute approximate surface area is 96.2 Å². The zero-order chi connectivity index (χ0) is 11.4. The van der Waals surface area contributed by atoms with E-state index in [0.717, 1.165) is 31.1 Å². The number of nitrogens with zero attached hydrogens (tertiary/aromatic N) is 2. The Morgan fingerprint density at radius 1 is 1.56 bits per heavy atom. The van der Waals surface area contributed by atoms with Crippen LogP contribution in [0.3, 0.4) is 0 Å². The average molecular weight is 222 g/mol. The van der Waals surface area contributed by atoms with Crippen molar-refractivity contribution in [2.45, 2.75) is 13.0 Å². The van der Waals surface area contributed by atoms with Crippen LogP contribution in [0.15, 0.2) is 18.3 Å². The highest BCUT2D eigenvalue weighted by atomic mass is 16.5. The van der Waals surface area contributed by atoms with Crippen LogP contribution in [-0.4, -0.2) is 49.3 Å². The number of aryl methyl sites for hydroxylation is 1. The standard InChI is InChI=1S/C12H18N2O2/c1-10-3-4-11(7-13-10)16-9-12-8-14(2)5-6-15-12/h3-4,7,12H,5-6,8-9H2,1-2H3. The smallest absolute Gasteiger partial charge is 0.137 e. The summed E-state index contributed by atoms with van der Waals surface area (Å²) in [5.41, 5.74) is 1.00. The number of ether oxygens (including phenoxy) is 2. The lowest BCUT2D eigenvalue weighted by atomic mass is 10.3. The van der Waals surface area contributed by atoms with E-state index in [1.165, 1.54) is 0 Å². The summed E-state index contributed by atoms with van der Waals surface area (Å²) in [6.45, 7) is 5.27. The fourth-order valence-electron chi connectivity index (χ4n) is 1.70. The predicted octanol–water partition coefficient (Wildman–Crippen LogP) is 1.10. The van der Waals surface area contributed by atoms with Crippen molar-refractivity contribution in [3.8, 4) is 5.75 Å². The first-order chi connectivity index (χ1) is 7.74. The minimum Gasteiger partial charge on any atom is -0.489 e. The molecular formula is C12H18N2O2. The number of pyridine rings is 1. The third-order valence-corrected chi connectivity index (χ3v) is 2.66. The molecule has 0 spiro atoms. The van der Waals surface area contributed by atoms with E-state index in [1.54, 1.807) is 6.20 Å². The largest absolute Gasteiger partial charge is 0.489 e. The molecule has 2 rings (SSSR count). The first kappa shape index (κ1) is 11.4. The van der Waals surface area contributed by atoms with Crippen LogP contribution in [0.1, 0.15) is 5.69 Å². The van der Waals surface area contributed by atoms with Crippen molar-refractivity contribution in [1.29, 1.82) is 0 Å². The minimum absolute atomic E-state index is 0.167. The lowest BCUT2D eigenvalue weighted by Gasteiger charge is -2.29. The first-order valence-electron chi connectivity index (χ1n) is 5.59. The molecule has 1 aromatic rings. The van der Waals surface area contributed by atoms with Crippen molar-refractivity contribution >= 4 is 0 Å². The van der Waals surface area contributed by atoms with Gasteiger partial charge in [-0.1, -0.05) is 0 Å². The maximum atomic E-state index is 5.63. The summed E-state index contributed by atoms with van der Waals surface area (Å²) in [6, 6.07) is 3.89. The van der Waals surface area contributed by atoms with Crippen LogP contribution >= 0.6 is 0 Å². The summed E-state index contributed by atoms with van der Waals surface area (Å²) < 4.78 is 11.2. The molecule has 16 heavy (non-hydrogen) atoms. The molecule has 1 saturated heterocycles. The second-order valence-electron chi connectivity index (χ2n) is 4.20. The molecule has 1 aliphatic rings. The number of aromatic nitrogens is 1. The Morgan fingerprint density at radius 3 is 3.12 bits per heavy atom. The van der Waals surface area contributed by atoms with E-state index in [-0.39, 0.29) is 6.10 Å². The Hall–Kier alpha value is -1.13. The maximum Gasteiger partial charge on any atom is 0.137 e. The highest BCUT2D eigenvalue weighted by Crippen LogP contribution is 2.11. The van der Waals surface area contributed by atoms with Gasteiger partial charge in [0.25, 0.3) is 0 Å². The van der Waals surface area contributed by atoms with Gasteiger partial charge in [0.05, 0.1) is 12.8 Å². The number of hydrogen-bond donors (Lipinski definition) is 0. The Kier molecular flexibility index (Phi) is 3.74. The van der Waals surface area contributed by atoms with Crippen LogP contribution in [-0.2, 0) is 4.74 Å². The summed E-state index contributed by atoms with van der Waals surface area (Å²) in [4.78, 5) is 6.44. The molecule has 0 amide bonds. The van der Waals surface area contributed by atoms with Crippen LogP contribution < -0.4 is 4.74 Å². The Bertz CT molecular complexity index is 326. The number of likely N-dealkylation sites (N-methyl/N-ethyl adjacent to an activating group) is 1. The zero-order valence-electron chi connectivity index (χ0n) is 9.85. The quantitative estimate of drug-likeness (QED) is 0.767. The van der Waals surface area contributed by atoms with Crippen molar-refractivity contribution in [1.82, 2.24) is 9.88 Å². The molecule has 0 saturated carbocycles. The molecule has 0 N–H and O–H groups in total. The van der Waals surface area contributed by atoms with E-state index in [0.29, 0.717) is 6.61 Å². The molecule has 2 heterocycles. The minimum atomic E-state index is 0.167. The van der Waals surface area contributed by atoms with Crippen molar-refractivity contribution in [3.63, 3.8) is 0 Å². The third kappa shape index (κ3) is 3.18. The first-order valence-corrected chi connectivity index (χ1v) is 5.59. The van der Waals surface area contributed by atoms with Crippen LogP contribution in [0.4, 0.5) is 0 Å². The molecule has 1 fully saturated rings. The van der Waals surface area contributed by atoms with Crippen LogP contribution in [0.5, 0.6) is 5.75 Å². The number of hydrogen-bond acceptors (Lipinski definition) is 4. The summed E-state index contributed by atoms with van der Waals surface area (Å²) in [7, 11) is 2.10. The molecule has 88 valence electrons. The van der Waals surface area contributed by atoms with Gasteiger partial charge >= 0.3 is 0 Å². The molecule has 1 aliphatic heterocycles. The Morgan fingerprint density at radius 2 is 2.44 bits per heavy atom. The molecule has 0 bridgehead atoms. The molecule has 0 radical (unpaired) electrons. The second-order valence-corrected chi connectivity index (χ2v) is 4.20. The fraction of sp³-hybridized carbons (Fsp3) is 0.583. The van der Waals surface area contributed by atoms with Gasteiger partial charge in [-0.05, 0) is 26.1 Å². The zero-order valence-corrected chi connectivity index (χ0v) is 9.85. The lowest BCUT2D eigenvalue weighted by Crippen LogP contribution is -2.42. The van der Waals surface area contributed by atoms with Crippen LogP contribution in [0, 0.1) is 6.92 Å². The Balaban J connectivity index is 1.80. The van der Waals surface area contributed by atoms with Crippen LogP contribution in [0.2, 0.25) is 0 Å². The number of morpholine rings is 1. The molecule has 0 aromatic carbocycles. The van der Waals surface area contributed by atoms with Crippen molar-refractivity contribution in [2.75, 3.05) is 33.4 Å². The van der Waals surface area contributed by atoms with Crippen molar-refractivity contribution in [2.24, 2.45) is 0 Å². The van der Waals surface area contributed by atoms with E-state index in [2.05, 4.69) is 16.9 Å². The van der Waals surface area contributed by atoms with Gasteiger partial charge in [0.15, 0.2) is 0 Å². The number of rotatable bonds is 3. The fourth-order valence-corrected chi connectivity index (χ4v) is 1.70. The van der Waals surface area contributed by atoms with Gasteiger partial charge in [-0.15, -0.1) is 0 Å². The van der Waals surface area contributed by atoms with Crippen LogP contribution in [0.25, 0.3) is 0 Å². The van der Waals surface area contributed by atoms with Gasteiger partial charge in [0.2, 0.25) is 0 Å². The second kappa shape index (κ2) is 5.27. The van der Waals surface area contributed by atoms with E-state index in [9.17, 15) is 0 Å². The van der Waals surface area contributed by atoms with Gasteiger partial charge in [0.1, 0.15) is 18.5 Å². The topological polar surface area (TPSA) is 34.6 Å². The highest BCUT2D eigenvalue weighted by Gasteiger charge is 2.18. The van der Waals surface area contributed by atoms with Crippen molar-refractivity contribution in [3.05, 3.63) is 24.0 Å². The summed E-state index contributed by atoms with van der Waals surface area (Å²) in [6.07, 6.45) is 1.92. The molecule has 1 unspecified atom stereocenters. The molecule has 1 aromatic heterocycles. The van der Waals surface area contributed by atoms with E-state index in [4.69, 9.17) is 9.47 Å². The summed E-state index contributed by atoms with van der Waals surface area (Å²) in [5.74, 6) is 0.808. The average Bonchev–Trinajstić information content (AvgIpc) is 2.28. The molecule has 1 atom stereocenters.